The minimum absolute atomic E-state index is 0. The van der Waals surface area contributed by atoms with E-state index in [0.29, 0.717) is 12.5 Å². The molecule has 2 aromatic heterocycles. The van der Waals surface area contributed by atoms with E-state index in [1.807, 2.05) is 4.80 Å². The number of aromatic nitrogens is 5. The summed E-state index contributed by atoms with van der Waals surface area (Å²) in [4.78, 5) is 6.68. The maximum absolute atomic E-state index is 5.32. The fraction of sp³-hybridized carbons (Fsp3) is 0.447. The first-order valence-corrected chi connectivity index (χ1v) is 31.8. The van der Waals surface area contributed by atoms with Crippen molar-refractivity contribution in [2.75, 3.05) is 9.80 Å². The standard InChI is InChI=1S/C74H93N7S.2CH4/c1-15-19-47-71(7,8)55-27-39-61(40-28-55)80(62-41-29-56(30-42-62)72(9,10)48-20-16-2)59-35-23-53(24-36-59)65-67-68(76-79(75-67)51-52(5)6)66(70-69(65)77-82-78-70)54-25-37-60(38-26-54)81(63-43-31-57(32-44-63)73(11,12)49-21-17-3)64-45-33-58(34-46-64)74(13,14)50-22-18-4;;/h23-46,52H,15-22,47-51H2,1-14H3;2*1H4. The third-order valence-corrected chi connectivity index (χ3v) is 18.2. The summed E-state index contributed by atoms with van der Waals surface area (Å²) in [5.41, 5.74) is 19.9. The van der Waals surface area contributed by atoms with Crippen molar-refractivity contribution >= 4 is 67.9 Å². The summed E-state index contributed by atoms with van der Waals surface area (Å²) < 4.78 is 10.2. The number of rotatable bonds is 26. The zero-order valence-corrected chi connectivity index (χ0v) is 53.0. The third kappa shape index (κ3) is 14.2. The van der Waals surface area contributed by atoms with Gasteiger partial charge >= 0.3 is 0 Å². The van der Waals surface area contributed by atoms with E-state index in [-0.39, 0.29) is 36.5 Å². The number of anilines is 6. The Bertz CT molecular complexity index is 3140. The van der Waals surface area contributed by atoms with E-state index in [0.717, 1.165) is 104 Å². The lowest BCUT2D eigenvalue weighted by Gasteiger charge is -2.30. The van der Waals surface area contributed by atoms with Gasteiger partial charge in [-0.15, -0.1) is 0 Å². The van der Waals surface area contributed by atoms with Crippen molar-refractivity contribution in [3.8, 4) is 22.3 Å². The first-order valence-electron chi connectivity index (χ1n) is 31.1. The molecule has 446 valence electrons. The van der Waals surface area contributed by atoms with Crippen LogP contribution >= 0.6 is 11.7 Å². The van der Waals surface area contributed by atoms with Crippen LogP contribution in [0.4, 0.5) is 34.1 Å². The molecule has 0 N–H and O–H groups in total. The summed E-state index contributed by atoms with van der Waals surface area (Å²) in [5.74, 6) is 0.349. The molecule has 0 atom stereocenters. The van der Waals surface area contributed by atoms with E-state index in [1.54, 1.807) is 0 Å². The molecule has 0 fully saturated rings. The Morgan fingerprint density at radius 2 is 0.679 bits per heavy atom. The quantitative estimate of drug-likeness (QED) is 0.0504. The van der Waals surface area contributed by atoms with Gasteiger partial charge in [-0.1, -0.05) is 236 Å². The van der Waals surface area contributed by atoms with Crippen LogP contribution in [0, 0.1) is 5.92 Å². The van der Waals surface area contributed by atoms with E-state index in [1.165, 1.54) is 85.3 Å². The molecule has 0 aliphatic rings. The van der Waals surface area contributed by atoms with Gasteiger partial charge in [-0.05, 0) is 159 Å². The zero-order valence-electron chi connectivity index (χ0n) is 52.2. The Morgan fingerprint density at radius 3 is 0.964 bits per heavy atom. The summed E-state index contributed by atoms with van der Waals surface area (Å²) in [6.45, 7) is 33.3. The molecule has 0 amide bonds. The molecular weight excluding hydrogens is 1040 g/mol. The second-order valence-corrected chi connectivity index (χ2v) is 27.0. The van der Waals surface area contributed by atoms with Gasteiger partial charge in [0, 0.05) is 56.3 Å². The molecule has 84 heavy (non-hydrogen) atoms. The molecule has 0 aliphatic carbocycles. The van der Waals surface area contributed by atoms with Gasteiger partial charge in [-0.3, -0.25) is 0 Å². The average Bonchev–Trinajstić information content (AvgIpc) is 2.82. The van der Waals surface area contributed by atoms with Crippen molar-refractivity contribution in [3.05, 3.63) is 168 Å². The number of fused-ring (bicyclic) bond motifs is 2. The highest BCUT2D eigenvalue weighted by Crippen LogP contribution is 2.46. The number of benzene rings is 7. The summed E-state index contributed by atoms with van der Waals surface area (Å²) in [6.07, 6.45) is 14.3. The largest absolute Gasteiger partial charge is 0.311 e. The van der Waals surface area contributed by atoms with Crippen LogP contribution in [-0.2, 0) is 28.2 Å². The highest BCUT2D eigenvalue weighted by molar-refractivity contribution is 7.00. The summed E-state index contributed by atoms with van der Waals surface area (Å²) in [5, 5.41) is 10.6. The van der Waals surface area contributed by atoms with Crippen LogP contribution in [0.2, 0.25) is 0 Å². The minimum Gasteiger partial charge on any atom is -0.311 e. The lowest BCUT2D eigenvalue weighted by atomic mass is 9.80. The number of nitrogens with zero attached hydrogens (tertiary/aromatic N) is 7. The first-order chi connectivity index (χ1) is 39.3. The minimum atomic E-state index is 0. The molecule has 7 nitrogen and oxygen atoms in total. The number of hydrogen-bond donors (Lipinski definition) is 0. The Balaban J connectivity index is 0.00000506. The zero-order chi connectivity index (χ0) is 58.4. The third-order valence-electron chi connectivity index (χ3n) is 17.7. The molecule has 0 unspecified atom stereocenters. The van der Waals surface area contributed by atoms with Crippen LogP contribution < -0.4 is 14.2 Å². The van der Waals surface area contributed by atoms with Crippen LogP contribution in [0.15, 0.2) is 146 Å². The molecule has 7 aromatic carbocycles. The van der Waals surface area contributed by atoms with E-state index in [2.05, 4.69) is 252 Å². The average molecular weight is 1140 g/mol. The van der Waals surface area contributed by atoms with Crippen LogP contribution in [-0.4, -0.2) is 19.4 Å². The molecule has 9 aromatic rings. The van der Waals surface area contributed by atoms with Crippen molar-refractivity contribution in [2.45, 2.75) is 217 Å². The molecular formula is C76H101N7S. The number of hydrogen-bond acceptors (Lipinski definition) is 5. The Kier molecular flexibility index (Phi) is 21.3. The number of unbranched alkanes of at least 4 members (excludes halogenated alkanes) is 4. The van der Waals surface area contributed by atoms with Gasteiger partial charge in [0.1, 0.15) is 11.0 Å². The predicted octanol–water partition coefficient (Wildman–Crippen LogP) is 23.4. The smallest absolute Gasteiger partial charge is 0.279 e. The monoisotopic (exact) mass is 1140 g/mol. The van der Waals surface area contributed by atoms with E-state index >= 15 is 0 Å². The van der Waals surface area contributed by atoms with Crippen LogP contribution in [0.1, 0.15) is 211 Å². The maximum atomic E-state index is 5.32. The molecule has 0 bridgehead atoms. The van der Waals surface area contributed by atoms with Crippen molar-refractivity contribution in [1.29, 1.82) is 0 Å². The summed E-state index contributed by atoms with van der Waals surface area (Å²) in [6, 6.07) is 55.1. The molecule has 9 rings (SSSR count). The van der Waals surface area contributed by atoms with Crippen molar-refractivity contribution < 1.29 is 0 Å². The van der Waals surface area contributed by atoms with Crippen molar-refractivity contribution in [1.82, 2.24) is 23.7 Å². The lowest BCUT2D eigenvalue weighted by Crippen LogP contribution is -2.18. The van der Waals surface area contributed by atoms with Gasteiger partial charge in [-0.25, -0.2) is 0 Å². The van der Waals surface area contributed by atoms with Crippen LogP contribution in [0.5, 0.6) is 0 Å². The Labute approximate surface area is 511 Å². The Morgan fingerprint density at radius 1 is 0.405 bits per heavy atom. The van der Waals surface area contributed by atoms with Gasteiger partial charge in [0.25, 0.3) is 11.7 Å². The molecule has 0 aliphatic heterocycles. The lowest BCUT2D eigenvalue weighted by molar-refractivity contribution is 0.442. The van der Waals surface area contributed by atoms with Crippen molar-refractivity contribution in [3.63, 3.8) is 0 Å². The van der Waals surface area contributed by atoms with Crippen molar-refractivity contribution in [2.24, 2.45) is 5.92 Å². The fourth-order valence-corrected chi connectivity index (χ4v) is 12.7. The maximum Gasteiger partial charge on any atom is 0.279 e. The normalized spacial score (nSPS) is 12.2. The molecule has 0 saturated carbocycles. The fourth-order valence-electron chi connectivity index (χ4n) is 12.1. The molecule has 8 heteroatoms. The summed E-state index contributed by atoms with van der Waals surface area (Å²) in [7, 11) is 0. The van der Waals surface area contributed by atoms with Gasteiger partial charge in [0.15, 0.2) is 0 Å². The van der Waals surface area contributed by atoms with Gasteiger partial charge in [0.05, 0.1) is 6.54 Å². The predicted molar refractivity (Wildman–Crippen MR) is 367 cm³/mol. The van der Waals surface area contributed by atoms with Crippen LogP contribution in [0.25, 0.3) is 44.3 Å². The molecule has 0 radical (unpaired) electrons. The van der Waals surface area contributed by atoms with Gasteiger partial charge < -0.3 is 9.80 Å². The SMILES string of the molecule is C.C.CCCCC(C)(C)c1ccc(N(c2ccc(-c3c4nn(CC(C)C)nc4c(-c4ccc(N(c5ccc(C(C)(C)CCCC)cc5)c5ccc(C(C)(C)CCCC)cc5)cc4)c4[n-][s+]nc34)cc2)c2ccc(C(C)(C)CCCC)cc2)cc1. The first kappa shape index (κ1) is 64.9. The Hall–Kier alpha value is -6.64. The second kappa shape index (κ2) is 27.6. The van der Waals surface area contributed by atoms with Crippen LogP contribution in [0.3, 0.4) is 0 Å². The topological polar surface area (TPSA) is 64.2 Å². The van der Waals surface area contributed by atoms with Gasteiger partial charge in [-0.2, -0.15) is 23.7 Å². The summed E-state index contributed by atoms with van der Waals surface area (Å²) >= 11 is 1.25. The highest BCUT2D eigenvalue weighted by atomic mass is 32.1. The van der Waals surface area contributed by atoms with E-state index in [9.17, 15) is 0 Å². The molecule has 2 heterocycles. The van der Waals surface area contributed by atoms with Gasteiger partial charge in [0.2, 0.25) is 0 Å². The van der Waals surface area contributed by atoms with E-state index in [4.69, 9.17) is 18.9 Å². The molecule has 0 spiro atoms. The second-order valence-electron chi connectivity index (χ2n) is 26.5. The highest BCUT2D eigenvalue weighted by Gasteiger charge is 2.28. The molecule has 0 saturated heterocycles. The van der Waals surface area contributed by atoms with E-state index < -0.39 is 0 Å².